The average Bonchev–Trinajstić information content (AvgIpc) is 3.23. The molecular weight excluding hydrogens is 282 g/mol. The molecule has 0 aromatic carbocycles. The zero-order valence-electron chi connectivity index (χ0n) is 12.3. The number of piperidine rings is 1. The second kappa shape index (κ2) is 5.42. The number of hydrogen-bond donors (Lipinski definition) is 2. The van der Waals surface area contributed by atoms with Crippen LogP contribution in [0.5, 0.6) is 0 Å². The van der Waals surface area contributed by atoms with Crippen LogP contribution in [0, 0.1) is 5.92 Å². The molecule has 112 valence electrons. The molecule has 0 radical (unpaired) electrons. The summed E-state index contributed by atoms with van der Waals surface area (Å²) in [5.74, 6) is 2.53. The number of rotatable bonds is 3. The monoisotopic (exact) mass is 303 g/mol. The molecule has 2 aliphatic rings. The van der Waals surface area contributed by atoms with Gasteiger partial charge >= 0.3 is 0 Å². The summed E-state index contributed by atoms with van der Waals surface area (Å²) in [6, 6.07) is 2.80. The number of nitrogens with one attached hydrogen (secondary N) is 2. The second-order valence-electron chi connectivity index (χ2n) is 5.98. The van der Waals surface area contributed by atoms with Gasteiger partial charge in [-0.25, -0.2) is 0 Å². The van der Waals surface area contributed by atoms with Gasteiger partial charge in [0.15, 0.2) is 5.82 Å². The molecule has 2 unspecified atom stereocenters. The largest absolute Gasteiger partial charge is 0.338 e. The van der Waals surface area contributed by atoms with Gasteiger partial charge in [-0.2, -0.15) is 4.98 Å². The number of hydrogen-bond acceptors (Lipinski definition) is 5. The Morgan fingerprint density at radius 3 is 3.24 bits per heavy atom. The van der Waals surface area contributed by atoms with Gasteiger partial charge in [0.1, 0.15) is 0 Å². The van der Waals surface area contributed by atoms with E-state index >= 15 is 0 Å². The first-order valence-corrected chi connectivity index (χ1v) is 8.70. The van der Waals surface area contributed by atoms with Gasteiger partial charge in [0.05, 0.1) is 4.88 Å². The van der Waals surface area contributed by atoms with Crippen molar-refractivity contribution in [3.63, 3.8) is 0 Å². The minimum absolute atomic E-state index is 0.619. The summed E-state index contributed by atoms with van der Waals surface area (Å²) in [6.45, 7) is 5.45. The molecule has 2 aromatic heterocycles. The molecule has 0 spiro atoms. The fourth-order valence-electron chi connectivity index (χ4n) is 3.53. The molecule has 0 saturated carbocycles. The highest BCUT2D eigenvalue weighted by molar-refractivity contribution is 7.13. The molecule has 2 aliphatic heterocycles. The lowest BCUT2D eigenvalue weighted by molar-refractivity contribution is 0.340. The summed E-state index contributed by atoms with van der Waals surface area (Å²) >= 11 is 1.74. The first-order valence-electron chi connectivity index (χ1n) is 7.82. The van der Waals surface area contributed by atoms with Crippen LogP contribution < -0.4 is 10.2 Å². The maximum Gasteiger partial charge on any atom is 0.245 e. The van der Waals surface area contributed by atoms with E-state index in [2.05, 4.69) is 38.8 Å². The van der Waals surface area contributed by atoms with Crippen LogP contribution in [0.3, 0.4) is 0 Å². The molecule has 0 aliphatic carbocycles. The number of aromatic nitrogens is 3. The van der Waals surface area contributed by atoms with Gasteiger partial charge in [-0.15, -0.1) is 16.4 Å². The van der Waals surface area contributed by atoms with Gasteiger partial charge in [0, 0.05) is 19.1 Å². The number of anilines is 1. The number of aromatic amines is 1. The fourth-order valence-corrected chi connectivity index (χ4v) is 4.46. The van der Waals surface area contributed by atoms with Crippen molar-refractivity contribution in [1.82, 2.24) is 20.5 Å². The molecule has 6 heteroatoms. The van der Waals surface area contributed by atoms with Crippen molar-refractivity contribution in [1.29, 1.82) is 0 Å². The third-order valence-electron chi connectivity index (χ3n) is 4.70. The Kier molecular flexibility index (Phi) is 3.43. The molecular formula is C15H21N5S. The highest BCUT2D eigenvalue weighted by Crippen LogP contribution is 2.31. The van der Waals surface area contributed by atoms with Crippen LogP contribution in [0.2, 0.25) is 0 Å². The van der Waals surface area contributed by atoms with Crippen LogP contribution in [-0.4, -0.2) is 40.9 Å². The average molecular weight is 303 g/mol. The van der Waals surface area contributed by atoms with Crippen LogP contribution in [0.15, 0.2) is 11.4 Å². The summed E-state index contributed by atoms with van der Waals surface area (Å²) in [5, 5.41) is 13.3. The lowest BCUT2D eigenvalue weighted by Crippen LogP contribution is -2.40. The van der Waals surface area contributed by atoms with Crippen molar-refractivity contribution in [3.05, 3.63) is 17.0 Å². The summed E-state index contributed by atoms with van der Waals surface area (Å²) in [7, 11) is 0. The zero-order chi connectivity index (χ0) is 14.2. The first kappa shape index (κ1) is 13.3. The van der Waals surface area contributed by atoms with Crippen molar-refractivity contribution in [2.24, 2.45) is 5.92 Å². The summed E-state index contributed by atoms with van der Waals surface area (Å²) < 4.78 is 0. The first-order chi connectivity index (χ1) is 10.3. The molecule has 2 atom stereocenters. The van der Waals surface area contributed by atoms with Crippen LogP contribution in [0.1, 0.15) is 25.3 Å². The highest BCUT2D eigenvalue weighted by atomic mass is 32.1. The zero-order valence-corrected chi connectivity index (χ0v) is 13.1. The normalized spacial score (nSPS) is 25.3. The molecule has 4 rings (SSSR count). The lowest BCUT2D eigenvalue weighted by atomic mass is 9.94. The molecule has 2 fully saturated rings. The summed E-state index contributed by atoms with van der Waals surface area (Å²) in [5.41, 5.74) is 1.35. The van der Waals surface area contributed by atoms with E-state index in [9.17, 15) is 0 Å². The minimum atomic E-state index is 0.619. The Labute approximate surface area is 128 Å². The van der Waals surface area contributed by atoms with Crippen molar-refractivity contribution >= 4 is 17.3 Å². The van der Waals surface area contributed by atoms with E-state index in [1.165, 1.54) is 23.3 Å². The molecule has 2 aromatic rings. The number of nitrogens with zero attached hydrogens (tertiary/aromatic N) is 3. The Bertz CT molecular complexity index is 605. The topological polar surface area (TPSA) is 56.8 Å². The third kappa shape index (κ3) is 2.36. The summed E-state index contributed by atoms with van der Waals surface area (Å²) in [6.07, 6.45) is 3.66. The molecule has 2 N–H and O–H groups in total. The Morgan fingerprint density at radius 2 is 2.38 bits per heavy atom. The Morgan fingerprint density at radius 1 is 1.43 bits per heavy atom. The van der Waals surface area contributed by atoms with Crippen LogP contribution in [0.4, 0.5) is 5.95 Å². The number of H-pyrrole nitrogens is 1. The molecule has 5 nitrogen and oxygen atoms in total. The van der Waals surface area contributed by atoms with Crippen LogP contribution >= 0.6 is 11.3 Å². The minimum Gasteiger partial charge on any atom is -0.338 e. The Hall–Kier alpha value is -1.40. The predicted octanol–water partition coefficient (Wildman–Crippen LogP) is 2.28. The highest BCUT2D eigenvalue weighted by Gasteiger charge is 2.35. The number of thiophene rings is 1. The van der Waals surface area contributed by atoms with Gasteiger partial charge in [0.25, 0.3) is 0 Å². The quantitative estimate of drug-likeness (QED) is 0.913. The van der Waals surface area contributed by atoms with E-state index in [1.54, 1.807) is 11.3 Å². The van der Waals surface area contributed by atoms with E-state index in [4.69, 9.17) is 4.98 Å². The molecule has 0 amide bonds. The fraction of sp³-hybridized carbons (Fsp3) is 0.600. The third-order valence-corrected chi connectivity index (χ3v) is 5.66. The number of aryl methyl sites for hydroxylation is 1. The predicted molar refractivity (Wildman–Crippen MR) is 85.8 cm³/mol. The van der Waals surface area contributed by atoms with Gasteiger partial charge in [-0.3, -0.25) is 5.10 Å². The van der Waals surface area contributed by atoms with Crippen molar-refractivity contribution in [3.8, 4) is 10.7 Å². The summed E-state index contributed by atoms with van der Waals surface area (Å²) in [4.78, 5) is 8.30. The van der Waals surface area contributed by atoms with Crippen LogP contribution in [0.25, 0.3) is 10.7 Å². The van der Waals surface area contributed by atoms with E-state index in [0.29, 0.717) is 6.04 Å². The van der Waals surface area contributed by atoms with Gasteiger partial charge in [-0.05, 0) is 48.7 Å². The van der Waals surface area contributed by atoms with Crippen LogP contribution in [-0.2, 0) is 6.42 Å². The molecule has 21 heavy (non-hydrogen) atoms. The van der Waals surface area contributed by atoms with E-state index < -0.39 is 0 Å². The van der Waals surface area contributed by atoms with Gasteiger partial charge < -0.3 is 10.2 Å². The van der Waals surface area contributed by atoms with E-state index in [-0.39, 0.29) is 0 Å². The SMILES string of the molecule is CCc1ccsc1-c1nc(N2CC3CCCNC3C2)n[nH]1. The molecule has 2 saturated heterocycles. The maximum atomic E-state index is 4.74. The second-order valence-corrected chi connectivity index (χ2v) is 6.90. The molecule has 4 heterocycles. The van der Waals surface area contributed by atoms with Gasteiger partial charge in [-0.1, -0.05) is 6.92 Å². The molecule has 0 bridgehead atoms. The Balaban J connectivity index is 1.55. The van der Waals surface area contributed by atoms with Gasteiger partial charge in [0.2, 0.25) is 5.95 Å². The number of fused-ring (bicyclic) bond motifs is 1. The maximum absolute atomic E-state index is 4.74. The smallest absolute Gasteiger partial charge is 0.245 e. The van der Waals surface area contributed by atoms with Crippen molar-refractivity contribution in [2.45, 2.75) is 32.2 Å². The lowest BCUT2D eigenvalue weighted by Gasteiger charge is -2.24. The van der Waals surface area contributed by atoms with Crippen molar-refractivity contribution < 1.29 is 0 Å². The van der Waals surface area contributed by atoms with Crippen molar-refractivity contribution in [2.75, 3.05) is 24.5 Å². The van der Waals surface area contributed by atoms with E-state index in [1.807, 2.05) is 0 Å². The van der Waals surface area contributed by atoms with E-state index in [0.717, 1.165) is 43.7 Å². The standard InChI is InChI=1S/C15H21N5S/c1-2-10-5-7-21-13(10)14-17-15(19-18-14)20-8-11-4-3-6-16-12(11)9-20/h5,7,11-12,16H,2-4,6,8-9H2,1H3,(H,17,18,19).